The molecule has 0 spiro atoms. The number of benzene rings is 2. The van der Waals surface area contributed by atoms with Crippen molar-refractivity contribution in [1.82, 2.24) is 4.98 Å². The van der Waals surface area contributed by atoms with Crippen LogP contribution in [-0.2, 0) is 0 Å². The standard InChI is InChI=1S/C20H14N4O3/c21-10-13-3-1-2-4-16(13)24-19-8-5-14(11-22-19)20(25)23-15-6-7-17-18(9-15)27-12-26-17/h1-9,11H,12H2,(H,22,24)(H,23,25). The van der Waals surface area contributed by atoms with Crippen LogP contribution in [0.5, 0.6) is 11.5 Å². The molecule has 1 amide bonds. The van der Waals surface area contributed by atoms with Crippen molar-refractivity contribution in [3.63, 3.8) is 0 Å². The smallest absolute Gasteiger partial charge is 0.257 e. The van der Waals surface area contributed by atoms with Gasteiger partial charge in [-0.3, -0.25) is 4.79 Å². The molecular weight excluding hydrogens is 344 g/mol. The zero-order chi connectivity index (χ0) is 18.6. The fourth-order valence-corrected chi connectivity index (χ4v) is 2.61. The summed E-state index contributed by atoms with van der Waals surface area (Å²) in [6, 6.07) is 17.8. The minimum absolute atomic E-state index is 0.181. The van der Waals surface area contributed by atoms with Crippen molar-refractivity contribution in [2.45, 2.75) is 0 Å². The molecule has 0 atom stereocenters. The van der Waals surface area contributed by atoms with Gasteiger partial charge in [0.2, 0.25) is 6.79 Å². The maximum Gasteiger partial charge on any atom is 0.257 e. The summed E-state index contributed by atoms with van der Waals surface area (Å²) in [6.07, 6.45) is 1.47. The van der Waals surface area contributed by atoms with Gasteiger partial charge in [0.1, 0.15) is 11.9 Å². The molecule has 2 aromatic carbocycles. The van der Waals surface area contributed by atoms with Crippen LogP contribution in [0.2, 0.25) is 0 Å². The van der Waals surface area contributed by atoms with E-state index < -0.39 is 0 Å². The normalized spacial score (nSPS) is 11.5. The number of carbonyl (C=O) groups excluding carboxylic acids is 1. The molecule has 0 saturated heterocycles. The number of rotatable bonds is 4. The highest BCUT2D eigenvalue weighted by atomic mass is 16.7. The van der Waals surface area contributed by atoms with Crippen LogP contribution < -0.4 is 20.1 Å². The van der Waals surface area contributed by atoms with E-state index in [0.29, 0.717) is 39.8 Å². The van der Waals surface area contributed by atoms with Gasteiger partial charge >= 0.3 is 0 Å². The zero-order valence-corrected chi connectivity index (χ0v) is 14.1. The Balaban J connectivity index is 1.45. The first-order chi connectivity index (χ1) is 13.2. The maximum absolute atomic E-state index is 12.4. The third kappa shape index (κ3) is 3.50. The van der Waals surface area contributed by atoms with Crippen LogP contribution in [0, 0.1) is 11.3 Å². The van der Waals surface area contributed by atoms with Crippen LogP contribution in [0.3, 0.4) is 0 Å². The summed E-state index contributed by atoms with van der Waals surface area (Å²) >= 11 is 0. The highest BCUT2D eigenvalue weighted by Crippen LogP contribution is 2.34. The molecule has 1 aliphatic heterocycles. The Bertz CT molecular complexity index is 1040. The SMILES string of the molecule is N#Cc1ccccc1Nc1ccc(C(=O)Nc2ccc3c(c2)OCO3)cn1. The van der Waals surface area contributed by atoms with Gasteiger partial charge in [-0.1, -0.05) is 12.1 Å². The van der Waals surface area contributed by atoms with Gasteiger partial charge in [0, 0.05) is 18.0 Å². The first-order valence-electron chi connectivity index (χ1n) is 8.16. The third-order valence-corrected chi connectivity index (χ3v) is 3.97. The second-order valence-corrected chi connectivity index (χ2v) is 5.74. The molecule has 27 heavy (non-hydrogen) atoms. The second kappa shape index (κ2) is 7.06. The number of anilines is 3. The number of nitrogens with zero attached hydrogens (tertiary/aromatic N) is 2. The van der Waals surface area contributed by atoms with Gasteiger partial charge in [0.15, 0.2) is 11.5 Å². The lowest BCUT2D eigenvalue weighted by atomic mass is 10.2. The van der Waals surface area contributed by atoms with Crippen LogP contribution in [0.4, 0.5) is 17.2 Å². The highest BCUT2D eigenvalue weighted by Gasteiger charge is 2.15. The van der Waals surface area contributed by atoms with Gasteiger partial charge < -0.3 is 20.1 Å². The molecule has 2 heterocycles. The maximum atomic E-state index is 12.4. The summed E-state index contributed by atoms with van der Waals surface area (Å²) in [5.74, 6) is 1.51. The van der Waals surface area contributed by atoms with E-state index in [4.69, 9.17) is 14.7 Å². The Hall–Kier alpha value is -4.05. The van der Waals surface area contributed by atoms with E-state index in [1.165, 1.54) is 6.20 Å². The average Bonchev–Trinajstić information content (AvgIpc) is 3.17. The molecular formula is C20H14N4O3. The van der Waals surface area contributed by atoms with E-state index >= 15 is 0 Å². The van der Waals surface area contributed by atoms with Crippen LogP contribution in [-0.4, -0.2) is 17.7 Å². The first-order valence-corrected chi connectivity index (χ1v) is 8.16. The number of carbonyl (C=O) groups is 1. The van der Waals surface area contributed by atoms with E-state index in [1.54, 1.807) is 48.5 Å². The van der Waals surface area contributed by atoms with E-state index in [-0.39, 0.29) is 12.7 Å². The van der Waals surface area contributed by atoms with Crippen LogP contribution in [0.25, 0.3) is 0 Å². The molecule has 2 N–H and O–H groups in total. The first kappa shape index (κ1) is 16.4. The van der Waals surface area contributed by atoms with Crippen molar-refractivity contribution in [3.05, 3.63) is 71.9 Å². The van der Waals surface area contributed by atoms with Crippen LogP contribution in [0.1, 0.15) is 15.9 Å². The largest absolute Gasteiger partial charge is 0.454 e. The Morgan fingerprint density at radius 3 is 2.74 bits per heavy atom. The van der Waals surface area contributed by atoms with Crippen molar-refractivity contribution in [1.29, 1.82) is 5.26 Å². The summed E-state index contributed by atoms with van der Waals surface area (Å²) in [7, 11) is 0. The van der Waals surface area contributed by atoms with Gasteiger partial charge in [0.05, 0.1) is 16.8 Å². The predicted octanol–water partition coefficient (Wildman–Crippen LogP) is 3.68. The number of pyridine rings is 1. The lowest BCUT2D eigenvalue weighted by Gasteiger charge is -2.09. The Kier molecular flexibility index (Phi) is 4.29. The lowest BCUT2D eigenvalue weighted by molar-refractivity contribution is 0.102. The Labute approximate surface area is 155 Å². The minimum atomic E-state index is -0.287. The van der Waals surface area contributed by atoms with Gasteiger partial charge in [-0.2, -0.15) is 5.26 Å². The van der Waals surface area contributed by atoms with E-state index in [0.717, 1.165) is 0 Å². The van der Waals surface area contributed by atoms with Gasteiger partial charge in [-0.25, -0.2) is 4.98 Å². The number of ether oxygens (including phenoxy) is 2. The van der Waals surface area contributed by atoms with Crippen LogP contribution >= 0.6 is 0 Å². The molecule has 0 fully saturated rings. The molecule has 7 nitrogen and oxygen atoms in total. The molecule has 0 aliphatic carbocycles. The molecule has 7 heteroatoms. The molecule has 0 bridgehead atoms. The molecule has 1 aromatic heterocycles. The van der Waals surface area contributed by atoms with Crippen molar-refractivity contribution in [2.24, 2.45) is 0 Å². The molecule has 4 rings (SSSR count). The number of amides is 1. The number of hydrogen-bond donors (Lipinski definition) is 2. The lowest BCUT2D eigenvalue weighted by Crippen LogP contribution is -2.12. The number of fused-ring (bicyclic) bond motifs is 1. The number of aromatic nitrogens is 1. The van der Waals surface area contributed by atoms with Crippen molar-refractivity contribution in [3.8, 4) is 17.6 Å². The summed E-state index contributed by atoms with van der Waals surface area (Å²) < 4.78 is 10.6. The van der Waals surface area contributed by atoms with Crippen LogP contribution in [0.15, 0.2) is 60.8 Å². The molecule has 0 unspecified atom stereocenters. The van der Waals surface area contributed by atoms with E-state index in [1.807, 2.05) is 6.07 Å². The predicted molar refractivity (Wildman–Crippen MR) is 99.2 cm³/mol. The second-order valence-electron chi connectivity index (χ2n) is 5.74. The Morgan fingerprint density at radius 1 is 1.07 bits per heavy atom. The summed E-state index contributed by atoms with van der Waals surface area (Å²) in [6.45, 7) is 0.181. The quantitative estimate of drug-likeness (QED) is 0.738. The summed E-state index contributed by atoms with van der Waals surface area (Å²) in [4.78, 5) is 16.6. The monoisotopic (exact) mass is 358 g/mol. The topological polar surface area (TPSA) is 96.3 Å². The molecule has 0 saturated carbocycles. The number of hydrogen-bond acceptors (Lipinski definition) is 6. The molecule has 132 valence electrons. The van der Waals surface area contributed by atoms with Gasteiger partial charge in [-0.15, -0.1) is 0 Å². The Morgan fingerprint density at radius 2 is 1.93 bits per heavy atom. The molecule has 1 aliphatic rings. The summed E-state index contributed by atoms with van der Waals surface area (Å²) in [5.41, 5.74) is 2.19. The number of nitriles is 1. The van der Waals surface area contributed by atoms with E-state index in [9.17, 15) is 4.79 Å². The minimum Gasteiger partial charge on any atom is -0.454 e. The van der Waals surface area contributed by atoms with Gasteiger partial charge in [-0.05, 0) is 36.4 Å². The molecule has 3 aromatic rings. The number of nitrogens with one attached hydrogen (secondary N) is 2. The zero-order valence-electron chi connectivity index (χ0n) is 14.1. The molecule has 0 radical (unpaired) electrons. The van der Waals surface area contributed by atoms with Gasteiger partial charge in [0.25, 0.3) is 5.91 Å². The van der Waals surface area contributed by atoms with Crippen molar-refractivity contribution < 1.29 is 14.3 Å². The van der Waals surface area contributed by atoms with E-state index in [2.05, 4.69) is 21.7 Å². The fourth-order valence-electron chi connectivity index (χ4n) is 2.61. The average molecular weight is 358 g/mol. The van der Waals surface area contributed by atoms with Crippen molar-refractivity contribution >= 4 is 23.1 Å². The van der Waals surface area contributed by atoms with Crippen molar-refractivity contribution in [2.75, 3.05) is 17.4 Å². The summed E-state index contributed by atoms with van der Waals surface area (Å²) in [5, 5.41) is 15.0. The fraction of sp³-hybridized carbons (Fsp3) is 0.0500. The highest BCUT2D eigenvalue weighted by molar-refractivity contribution is 6.04. The third-order valence-electron chi connectivity index (χ3n) is 3.97. The number of para-hydroxylation sites is 1.